The Morgan fingerprint density at radius 2 is 1.89 bits per heavy atom. The van der Waals surface area contributed by atoms with Gasteiger partial charge in [0.15, 0.2) is 5.79 Å². The van der Waals surface area contributed by atoms with Gasteiger partial charge in [0.1, 0.15) is 12.0 Å². The number of carbonyl (C=O) groups is 2. The maximum absolute atomic E-state index is 13.2. The lowest BCUT2D eigenvalue weighted by molar-refractivity contribution is -0.252. The summed E-state index contributed by atoms with van der Waals surface area (Å²) in [5, 5.41) is 0. The summed E-state index contributed by atoms with van der Waals surface area (Å²) in [7, 11) is 0. The fraction of sp³-hybridized carbons (Fsp3) is 0.600. The molecular weight excluding hydrogens is 348 g/mol. The molecule has 3 aliphatic rings. The minimum Gasteiger partial charge on any atom is -0.445 e. The highest BCUT2D eigenvalue weighted by molar-refractivity contribution is 5.87. The van der Waals surface area contributed by atoms with Crippen LogP contribution in [0.1, 0.15) is 25.3 Å². The topological polar surface area (TPSA) is 68.3 Å². The molecule has 0 radical (unpaired) electrons. The molecule has 27 heavy (non-hydrogen) atoms. The van der Waals surface area contributed by atoms with Crippen LogP contribution in [0, 0.1) is 5.41 Å². The van der Waals surface area contributed by atoms with Gasteiger partial charge in [0, 0.05) is 32.6 Å². The predicted octanol–water partition coefficient (Wildman–Crippen LogP) is 2.01. The van der Waals surface area contributed by atoms with Crippen LogP contribution in [0.3, 0.4) is 0 Å². The van der Waals surface area contributed by atoms with E-state index in [1.165, 1.54) is 0 Å². The molecule has 0 saturated carbocycles. The van der Waals surface area contributed by atoms with E-state index in [0.717, 1.165) is 5.56 Å². The van der Waals surface area contributed by atoms with Crippen molar-refractivity contribution in [3.05, 3.63) is 35.9 Å². The van der Waals surface area contributed by atoms with Crippen molar-refractivity contribution in [3.8, 4) is 0 Å². The molecule has 146 valence electrons. The number of benzene rings is 1. The normalized spacial score (nSPS) is 26.9. The van der Waals surface area contributed by atoms with E-state index in [-0.39, 0.29) is 19.1 Å². The van der Waals surface area contributed by atoms with E-state index in [4.69, 9.17) is 14.2 Å². The lowest BCUT2D eigenvalue weighted by Gasteiger charge is -2.49. The predicted molar refractivity (Wildman–Crippen MR) is 96.8 cm³/mol. The number of nitrogens with zero attached hydrogens (tertiary/aromatic N) is 2. The Morgan fingerprint density at radius 1 is 1.15 bits per heavy atom. The minimum absolute atomic E-state index is 0.0208. The summed E-state index contributed by atoms with van der Waals surface area (Å²) in [6.07, 6.45) is 0.715. The van der Waals surface area contributed by atoms with Crippen LogP contribution in [0.15, 0.2) is 30.3 Å². The Morgan fingerprint density at radius 3 is 2.56 bits per heavy atom. The molecule has 3 aliphatic heterocycles. The molecule has 7 nitrogen and oxygen atoms in total. The zero-order chi connectivity index (χ0) is 18.9. The molecule has 0 bridgehead atoms. The average Bonchev–Trinajstić information content (AvgIpc) is 3.30. The van der Waals surface area contributed by atoms with E-state index in [1.807, 2.05) is 42.2 Å². The molecule has 1 aromatic rings. The zero-order valence-corrected chi connectivity index (χ0v) is 15.7. The van der Waals surface area contributed by atoms with Crippen molar-refractivity contribution >= 4 is 12.0 Å². The van der Waals surface area contributed by atoms with Crippen LogP contribution in [0.4, 0.5) is 4.79 Å². The highest BCUT2D eigenvalue weighted by Crippen LogP contribution is 2.51. The summed E-state index contributed by atoms with van der Waals surface area (Å²) >= 11 is 0. The maximum atomic E-state index is 13.2. The van der Waals surface area contributed by atoms with E-state index in [9.17, 15) is 9.59 Å². The number of hydrogen-bond donors (Lipinski definition) is 0. The van der Waals surface area contributed by atoms with Crippen molar-refractivity contribution in [1.29, 1.82) is 0 Å². The van der Waals surface area contributed by atoms with Gasteiger partial charge in [-0.15, -0.1) is 0 Å². The van der Waals surface area contributed by atoms with Gasteiger partial charge in [0.25, 0.3) is 0 Å². The van der Waals surface area contributed by atoms with Crippen molar-refractivity contribution in [2.45, 2.75) is 32.2 Å². The highest BCUT2D eigenvalue weighted by atomic mass is 16.7. The van der Waals surface area contributed by atoms with Gasteiger partial charge in [-0.2, -0.15) is 0 Å². The standard InChI is InChI=1S/C20H26N2O5/c1-2-21-10-8-19(17(21)23)15-22(11-9-20(19)26-12-13-27-20)18(24)25-14-16-6-4-3-5-7-16/h3-7H,2,8-15H2,1H3. The number of rotatable bonds is 3. The molecular formula is C20H26N2O5. The van der Waals surface area contributed by atoms with Gasteiger partial charge in [-0.25, -0.2) is 4.79 Å². The van der Waals surface area contributed by atoms with Gasteiger partial charge >= 0.3 is 6.09 Å². The molecule has 0 N–H and O–H groups in total. The summed E-state index contributed by atoms with van der Waals surface area (Å²) < 4.78 is 17.5. The second-order valence-corrected chi connectivity index (χ2v) is 7.38. The van der Waals surface area contributed by atoms with Crippen molar-refractivity contribution in [2.75, 3.05) is 39.4 Å². The van der Waals surface area contributed by atoms with Crippen LogP contribution in [0.2, 0.25) is 0 Å². The van der Waals surface area contributed by atoms with Crippen LogP contribution >= 0.6 is 0 Å². The van der Waals surface area contributed by atoms with Gasteiger partial charge in [-0.1, -0.05) is 30.3 Å². The first kappa shape index (κ1) is 18.3. The monoisotopic (exact) mass is 374 g/mol. The van der Waals surface area contributed by atoms with Crippen LogP contribution in [0.5, 0.6) is 0 Å². The first-order valence-electron chi connectivity index (χ1n) is 9.63. The summed E-state index contributed by atoms with van der Waals surface area (Å²) in [5.41, 5.74) is 0.0920. The molecule has 1 aromatic carbocycles. The number of carbonyl (C=O) groups excluding carboxylic acids is 2. The molecule has 3 fully saturated rings. The third-order valence-electron chi connectivity index (χ3n) is 6.00. The van der Waals surface area contributed by atoms with Gasteiger partial charge in [0.05, 0.1) is 13.2 Å². The summed E-state index contributed by atoms with van der Waals surface area (Å²) in [6, 6.07) is 9.58. The molecule has 1 atom stereocenters. The third-order valence-corrected chi connectivity index (χ3v) is 6.00. The van der Waals surface area contributed by atoms with E-state index in [1.54, 1.807) is 4.90 Å². The Labute approximate surface area is 159 Å². The van der Waals surface area contributed by atoms with E-state index >= 15 is 0 Å². The third kappa shape index (κ3) is 2.99. The van der Waals surface area contributed by atoms with Gasteiger partial charge in [-0.3, -0.25) is 4.79 Å². The minimum atomic E-state index is -0.912. The van der Waals surface area contributed by atoms with Crippen LogP contribution in [-0.4, -0.2) is 67.0 Å². The highest BCUT2D eigenvalue weighted by Gasteiger charge is 2.66. The van der Waals surface area contributed by atoms with Crippen molar-refractivity contribution in [2.24, 2.45) is 5.41 Å². The van der Waals surface area contributed by atoms with Gasteiger partial charge in [-0.05, 0) is 18.9 Å². The first-order valence-corrected chi connectivity index (χ1v) is 9.63. The van der Waals surface area contributed by atoms with Crippen molar-refractivity contribution in [1.82, 2.24) is 9.80 Å². The van der Waals surface area contributed by atoms with E-state index in [2.05, 4.69) is 0 Å². The number of ether oxygens (including phenoxy) is 3. The molecule has 4 rings (SSSR count). The number of piperidine rings is 1. The second-order valence-electron chi connectivity index (χ2n) is 7.38. The van der Waals surface area contributed by atoms with Gasteiger partial charge < -0.3 is 24.0 Å². The lowest BCUT2D eigenvalue weighted by Crippen LogP contribution is -2.64. The van der Waals surface area contributed by atoms with Crippen LogP contribution in [0.25, 0.3) is 0 Å². The quantitative estimate of drug-likeness (QED) is 0.810. The fourth-order valence-electron chi connectivity index (χ4n) is 4.53. The molecule has 0 aromatic heterocycles. The smallest absolute Gasteiger partial charge is 0.410 e. The molecule has 2 spiro atoms. The first-order chi connectivity index (χ1) is 13.1. The van der Waals surface area contributed by atoms with Gasteiger partial charge in [0.2, 0.25) is 5.91 Å². The number of fused-ring (bicyclic) bond motifs is 1. The van der Waals surface area contributed by atoms with E-state index in [0.29, 0.717) is 45.7 Å². The van der Waals surface area contributed by atoms with Crippen molar-refractivity contribution < 1.29 is 23.8 Å². The summed E-state index contributed by atoms with van der Waals surface area (Å²) in [4.78, 5) is 29.3. The molecule has 2 amide bonds. The number of likely N-dealkylation sites (tertiary alicyclic amines) is 2. The van der Waals surface area contributed by atoms with Crippen LogP contribution in [-0.2, 0) is 25.6 Å². The summed E-state index contributed by atoms with van der Waals surface area (Å²) in [6.45, 7) is 5.20. The SMILES string of the molecule is CCN1CCC2(CN(C(=O)OCc3ccccc3)CCC23OCCO3)C1=O. The number of amides is 2. The number of hydrogen-bond acceptors (Lipinski definition) is 5. The summed E-state index contributed by atoms with van der Waals surface area (Å²) in [5.74, 6) is -0.892. The second kappa shape index (κ2) is 7.13. The maximum Gasteiger partial charge on any atom is 0.410 e. The fourth-order valence-corrected chi connectivity index (χ4v) is 4.53. The molecule has 1 unspecified atom stereocenters. The van der Waals surface area contributed by atoms with E-state index < -0.39 is 17.3 Å². The molecule has 0 aliphatic carbocycles. The Balaban J connectivity index is 1.50. The lowest BCUT2D eigenvalue weighted by atomic mass is 9.72. The zero-order valence-electron chi connectivity index (χ0n) is 15.7. The Bertz CT molecular complexity index is 704. The largest absolute Gasteiger partial charge is 0.445 e. The Hall–Kier alpha value is -2.12. The van der Waals surface area contributed by atoms with Crippen molar-refractivity contribution in [3.63, 3.8) is 0 Å². The van der Waals surface area contributed by atoms with Crippen LogP contribution < -0.4 is 0 Å². The Kier molecular flexibility index (Phi) is 4.82. The molecule has 7 heteroatoms. The molecule has 3 heterocycles. The average molecular weight is 374 g/mol. The molecule has 3 saturated heterocycles.